The van der Waals surface area contributed by atoms with Crippen molar-refractivity contribution in [2.45, 2.75) is 26.5 Å². The molecular formula is C50H36N10O14S4. The van der Waals surface area contributed by atoms with Gasteiger partial charge in [-0.25, -0.2) is 0 Å². The highest BCUT2D eigenvalue weighted by molar-refractivity contribution is 7.86. The molecule has 28 heteroatoms. The molecule has 0 aliphatic carbocycles. The molecule has 10 rings (SSSR count). The molecule has 0 saturated carbocycles. The minimum absolute atomic E-state index is 0.219. The summed E-state index contributed by atoms with van der Waals surface area (Å²) in [5, 5.41) is 49.9. The standard InChI is InChI=1S/C50H36N10O14S4/c1-26-9-6-14-31(19-26)51-48-54-49(52-38-24-32(75(63,64)65)20-29-22-40(77(69,70)71)44(46(61)42(29)38)59-57-36-17-7-12-27-10-2-4-15-34(27)36)56-50(55-48)53-39-25-33(76(66,67)68)21-30-23-41(78(72,73)74)45(47(62)43(30)39)60-58-37-18-8-13-28-11-3-5-16-35(28)37/h2-25,61-62H,1H3,(H,63,64,65)(H,66,67,68)(H,69,70,71)(H,72,73,74)(H3,51,52,53,54,55,56). The molecule has 24 nitrogen and oxygen atoms in total. The molecule has 9 aromatic carbocycles. The lowest BCUT2D eigenvalue weighted by Crippen LogP contribution is -2.09. The number of benzene rings is 9. The first-order chi connectivity index (χ1) is 36.9. The third-order valence-electron chi connectivity index (χ3n) is 11.8. The smallest absolute Gasteiger partial charge is 0.296 e. The van der Waals surface area contributed by atoms with Crippen LogP contribution in [0.1, 0.15) is 5.56 Å². The van der Waals surface area contributed by atoms with Gasteiger partial charge in [-0.05, 0) is 94.7 Å². The number of aromatic hydroxyl groups is 2. The number of phenols is 2. The first kappa shape index (κ1) is 52.3. The van der Waals surface area contributed by atoms with E-state index in [9.17, 15) is 62.1 Å². The van der Waals surface area contributed by atoms with Gasteiger partial charge < -0.3 is 26.2 Å². The maximum Gasteiger partial charge on any atom is 0.296 e. The number of anilines is 6. The summed E-state index contributed by atoms with van der Waals surface area (Å²) in [7, 11) is -20.9. The van der Waals surface area contributed by atoms with Crippen LogP contribution in [0.25, 0.3) is 43.1 Å². The van der Waals surface area contributed by atoms with E-state index in [-0.39, 0.29) is 28.1 Å². The van der Waals surface area contributed by atoms with Gasteiger partial charge in [0.2, 0.25) is 17.8 Å². The van der Waals surface area contributed by atoms with Crippen LogP contribution in [0.3, 0.4) is 0 Å². The second-order valence-electron chi connectivity index (χ2n) is 17.1. The van der Waals surface area contributed by atoms with Crippen molar-refractivity contribution in [1.29, 1.82) is 0 Å². The van der Waals surface area contributed by atoms with Crippen LogP contribution in [0, 0.1) is 6.92 Å². The van der Waals surface area contributed by atoms with E-state index >= 15 is 0 Å². The second kappa shape index (κ2) is 19.8. The van der Waals surface area contributed by atoms with Crippen molar-refractivity contribution in [3.63, 3.8) is 0 Å². The van der Waals surface area contributed by atoms with Crippen LogP contribution in [0.5, 0.6) is 11.5 Å². The Balaban J connectivity index is 1.17. The van der Waals surface area contributed by atoms with E-state index in [0.29, 0.717) is 16.5 Å². The molecular weight excluding hydrogens is 1090 g/mol. The predicted octanol–water partition coefficient (Wildman–Crippen LogP) is 11.3. The van der Waals surface area contributed by atoms with E-state index in [0.717, 1.165) is 52.7 Å². The maximum atomic E-state index is 12.9. The van der Waals surface area contributed by atoms with E-state index in [1.807, 2.05) is 0 Å². The molecule has 0 unspecified atom stereocenters. The van der Waals surface area contributed by atoms with Crippen molar-refractivity contribution in [1.82, 2.24) is 15.0 Å². The Hall–Kier alpha value is -9.13. The van der Waals surface area contributed by atoms with Gasteiger partial charge >= 0.3 is 0 Å². The van der Waals surface area contributed by atoms with Crippen LogP contribution in [-0.4, -0.2) is 77.0 Å². The molecule has 0 saturated heterocycles. The largest absolute Gasteiger partial charge is 0.505 e. The van der Waals surface area contributed by atoms with Crippen molar-refractivity contribution in [2.24, 2.45) is 20.5 Å². The highest BCUT2D eigenvalue weighted by Crippen LogP contribution is 2.48. The van der Waals surface area contributed by atoms with E-state index in [4.69, 9.17) is 0 Å². The number of hydrogen-bond acceptors (Lipinski definition) is 20. The second-order valence-corrected chi connectivity index (χ2v) is 22.8. The number of phenolic OH excluding ortho intramolecular Hbond substituents is 2. The lowest BCUT2D eigenvalue weighted by Gasteiger charge is -2.17. The summed E-state index contributed by atoms with van der Waals surface area (Å²) >= 11 is 0. The Morgan fingerprint density at radius 3 is 1.22 bits per heavy atom. The van der Waals surface area contributed by atoms with Crippen LogP contribution in [-0.2, 0) is 40.5 Å². The van der Waals surface area contributed by atoms with E-state index in [1.54, 1.807) is 116 Å². The summed E-state index contributed by atoms with van der Waals surface area (Å²) in [5.41, 5.74) is -0.908. The number of rotatable bonds is 14. The average Bonchev–Trinajstić information content (AvgIpc) is 3.49. The molecule has 394 valence electrons. The number of aryl methyl sites for hydroxylation is 1. The van der Waals surface area contributed by atoms with Crippen LogP contribution in [0.15, 0.2) is 186 Å². The Morgan fingerprint density at radius 2 is 0.808 bits per heavy atom. The quantitative estimate of drug-likeness (QED) is 0.0361. The van der Waals surface area contributed by atoms with Gasteiger partial charge in [-0.2, -0.15) is 48.6 Å². The summed E-state index contributed by atoms with van der Waals surface area (Å²) in [5.74, 6) is -3.35. The van der Waals surface area contributed by atoms with E-state index in [1.165, 1.54) is 0 Å². The molecule has 0 amide bonds. The minimum atomic E-state index is -5.28. The molecule has 1 heterocycles. The zero-order valence-corrected chi connectivity index (χ0v) is 42.8. The van der Waals surface area contributed by atoms with Gasteiger partial charge in [-0.15, -0.1) is 20.5 Å². The van der Waals surface area contributed by atoms with Crippen LogP contribution < -0.4 is 16.0 Å². The molecule has 0 radical (unpaired) electrons. The van der Waals surface area contributed by atoms with Gasteiger partial charge in [-0.1, -0.05) is 84.9 Å². The monoisotopic (exact) mass is 1130 g/mol. The predicted molar refractivity (Wildman–Crippen MR) is 288 cm³/mol. The Morgan fingerprint density at radius 1 is 0.410 bits per heavy atom. The molecule has 10 aromatic rings. The topological polar surface area (TPSA) is 382 Å². The SMILES string of the molecule is Cc1cccc(Nc2nc(Nc3cc(S(=O)(=O)O)cc4cc(S(=O)(=O)O)c(N=Nc5cccc6ccccc56)c(O)c34)nc(Nc3cc(S(=O)(=O)O)cc4cc(S(=O)(=O)O)c(N=Nc5cccc6ccccc56)c(O)c34)n2)c1. The zero-order valence-electron chi connectivity index (χ0n) is 39.6. The third-order valence-corrected chi connectivity index (χ3v) is 15.2. The van der Waals surface area contributed by atoms with Crippen molar-refractivity contribution in [3.8, 4) is 11.5 Å². The van der Waals surface area contributed by atoms with Gasteiger partial charge in [0, 0.05) is 27.2 Å². The Labute approximate surface area is 441 Å². The van der Waals surface area contributed by atoms with E-state index < -0.39 is 117 Å². The number of hydrogen-bond donors (Lipinski definition) is 9. The highest BCUT2D eigenvalue weighted by atomic mass is 32.2. The molecule has 0 atom stereocenters. The number of azo groups is 2. The normalized spacial score (nSPS) is 12.6. The molecule has 0 fully saturated rings. The summed E-state index contributed by atoms with van der Waals surface area (Å²) < 4.78 is 144. The summed E-state index contributed by atoms with van der Waals surface area (Å²) in [6, 6.07) is 35.5. The van der Waals surface area contributed by atoms with Gasteiger partial charge in [-0.3, -0.25) is 18.2 Å². The van der Waals surface area contributed by atoms with E-state index in [2.05, 4.69) is 51.4 Å². The van der Waals surface area contributed by atoms with Crippen molar-refractivity contribution >= 4 is 141 Å². The van der Waals surface area contributed by atoms with Crippen molar-refractivity contribution < 1.29 is 62.1 Å². The highest BCUT2D eigenvalue weighted by Gasteiger charge is 2.28. The third kappa shape index (κ3) is 10.7. The van der Waals surface area contributed by atoms with Crippen LogP contribution in [0.2, 0.25) is 0 Å². The Kier molecular flexibility index (Phi) is 13.3. The first-order valence-corrected chi connectivity index (χ1v) is 28.2. The zero-order chi connectivity index (χ0) is 55.5. The van der Waals surface area contributed by atoms with Gasteiger partial charge in [0.25, 0.3) is 40.5 Å². The number of nitrogens with one attached hydrogen (secondary N) is 3. The molecule has 0 spiro atoms. The van der Waals surface area contributed by atoms with Gasteiger partial charge in [0.1, 0.15) is 21.2 Å². The van der Waals surface area contributed by atoms with Crippen molar-refractivity contribution in [2.75, 3.05) is 16.0 Å². The molecule has 78 heavy (non-hydrogen) atoms. The van der Waals surface area contributed by atoms with Gasteiger partial charge in [0.15, 0.2) is 11.5 Å². The lowest BCUT2D eigenvalue weighted by atomic mass is 10.1. The maximum absolute atomic E-state index is 12.9. The fourth-order valence-electron chi connectivity index (χ4n) is 8.44. The van der Waals surface area contributed by atoms with Crippen molar-refractivity contribution in [3.05, 3.63) is 151 Å². The molecule has 0 aliphatic rings. The summed E-state index contributed by atoms with van der Waals surface area (Å²) in [4.78, 5) is 9.43. The average molecular weight is 1130 g/mol. The lowest BCUT2D eigenvalue weighted by molar-refractivity contribution is 0.471. The van der Waals surface area contributed by atoms with Crippen LogP contribution in [0.4, 0.5) is 57.7 Å². The molecule has 9 N–H and O–H groups in total. The summed E-state index contributed by atoms with van der Waals surface area (Å²) in [6.07, 6.45) is 0. The number of fused-ring (bicyclic) bond motifs is 4. The first-order valence-electron chi connectivity index (χ1n) is 22.4. The summed E-state index contributed by atoms with van der Waals surface area (Å²) in [6.45, 7) is 1.78. The molecule has 0 bridgehead atoms. The minimum Gasteiger partial charge on any atom is -0.505 e. The Bertz CT molecular complexity index is 4440. The molecule has 1 aromatic heterocycles. The fraction of sp³-hybridized carbons (Fsp3) is 0.0200. The number of aromatic nitrogens is 3. The fourth-order valence-corrected chi connectivity index (χ4v) is 10.8. The molecule has 0 aliphatic heterocycles. The number of nitrogens with zero attached hydrogens (tertiary/aromatic N) is 7. The van der Waals surface area contributed by atoms with Gasteiger partial charge in [0.05, 0.1) is 32.5 Å². The van der Waals surface area contributed by atoms with Crippen LogP contribution >= 0.6 is 0 Å².